The van der Waals surface area contributed by atoms with E-state index in [4.69, 9.17) is 0 Å². The average molecular weight is 398 g/mol. The van der Waals surface area contributed by atoms with Crippen LogP contribution in [0.2, 0.25) is 0 Å². The van der Waals surface area contributed by atoms with Gasteiger partial charge in [0.2, 0.25) is 0 Å². The summed E-state index contributed by atoms with van der Waals surface area (Å²) < 4.78 is 0. The van der Waals surface area contributed by atoms with Crippen molar-refractivity contribution in [2.75, 3.05) is 29.9 Å². The molecule has 3 rings (SSSR count). The number of anilines is 2. The van der Waals surface area contributed by atoms with Crippen LogP contribution >= 0.6 is 49.0 Å². The first-order valence-corrected chi connectivity index (χ1v) is 7.72. The van der Waals surface area contributed by atoms with Gasteiger partial charge in [-0.05, 0) is 18.2 Å². The van der Waals surface area contributed by atoms with E-state index >= 15 is 0 Å². The molecule has 1 aliphatic rings. The number of hydrogen-bond acceptors (Lipinski definition) is 4. The third-order valence-electron chi connectivity index (χ3n) is 3.15. The topological polar surface area (TPSA) is 61.0 Å². The molecule has 1 aliphatic heterocycles. The fourth-order valence-corrected chi connectivity index (χ4v) is 3.01. The van der Waals surface area contributed by atoms with Gasteiger partial charge >= 0.3 is 0 Å². The molecule has 0 radical (unpaired) electrons. The molecule has 1 saturated heterocycles. The number of carbonyl (C=O) groups is 1. The van der Waals surface area contributed by atoms with E-state index < -0.39 is 0 Å². The fraction of sp³-hybridized carbons (Fsp3) is 0.286. The number of carbonyl (C=O) groups excluding carboxylic acids is 1. The zero-order valence-corrected chi connectivity index (χ0v) is 15.5. The summed E-state index contributed by atoms with van der Waals surface area (Å²) in [6, 6.07) is 7.50. The first-order valence-electron chi connectivity index (χ1n) is 6.56. The Labute approximate surface area is 158 Å². The number of pyridine rings is 1. The molecule has 0 bridgehead atoms. The molecule has 2 aromatic heterocycles. The van der Waals surface area contributed by atoms with Gasteiger partial charge in [-0.1, -0.05) is 6.07 Å². The van der Waals surface area contributed by atoms with Crippen LogP contribution in [0.15, 0.2) is 36.7 Å². The highest BCUT2D eigenvalue weighted by Crippen LogP contribution is 2.18. The van der Waals surface area contributed by atoms with Gasteiger partial charge in [0.15, 0.2) is 0 Å². The first-order chi connectivity index (χ1) is 9.83. The Balaban J connectivity index is 0.00000161. The number of thioether (sulfide) groups is 1. The van der Waals surface area contributed by atoms with Gasteiger partial charge in [-0.15, -0.1) is 37.2 Å². The predicted molar refractivity (Wildman–Crippen MR) is 103 cm³/mol. The summed E-state index contributed by atoms with van der Waals surface area (Å²) in [7, 11) is 0. The summed E-state index contributed by atoms with van der Waals surface area (Å²) in [5.41, 5.74) is 1.47. The number of amides is 1. The molecule has 0 spiro atoms. The monoisotopic (exact) mass is 396 g/mol. The second-order valence-electron chi connectivity index (χ2n) is 4.55. The van der Waals surface area contributed by atoms with E-state index in [0.29, 0.717) is 5.69 Å². The molecular formula is C14H19Cl3N4OS. The van der Waals surface area contributed by atoms with Crippen molar-refractivity contribution < 1.29 is 4.79 Å². The molecule has 0 atom stereocenters. The molecule has 3 heterocycles. The van der Waals surface area contributed by atoms with E-state index in [-0.39, 0.29) is 43.1 Å². The van der Waals surface area contributed by atoms with E-state index in [9.17, 15) is 4.79 Å². The van der Waals surface area contributed by atoms with Gasteiger partial charge in [0, 0.05) is 37.0 Å². The summed E-state index contributed by atoms with van der Waals surface area (Å²) >= 11 is 1.89. The summed E-state index contributed by atoms with van der Waals surface area (Å²) in [6.45, 7) is 1.65. The second-order valence-corrected chi connectivity index (χ2v) is 5.77. The van der Waals surface area contributed by atoms with Crippen LogP contribution in [0, 0.1) is 0 Å². The van der Waals surface area contributed by atoms with Crippen LogP contribution < -0.4 is 5.32 Å². The molecule has 5 nitrogen and oxygen atoms in total. The van der Waals surface area contributed by atoms with Crippen molar-refractivity contribution in [1.82, 2.24) is 14.9 Å². The number of nitrogens with one attached hydrogen (secondary N) is 2. The second kappa shape index (κ2) is 10.6. The summed E-state index contributed by atoms with van der Waals surface area (Å²) in [5.74, 6) is 2.87. The summed E-state index contributed by atoms with van der Waals surface area (Å²) in [4.78, 5) is 21.4. The van der Waals surface area contributed by atoms with Gasteiger partial charge in [-0.2, -0.15) is 11.8 Å². The Kier molecular flexibility index (Phi) is 10.1. The smallest absolute Gasteiger partial charge is 0.270 e. The normalized spacial score (nSPS) is 13.1. The Morgan fingerprint density at radius 3 is 2.61 bits per heavy atom. The SMILES string of the molecule is Cl.Cl.Cl.O=C(c1cc(Nc2ccccn2)c[nH]1)N1CCSCC1. The van der Waals surface area contributed by atoms with Crippen molar-refractivity contribution in [1.29, 1.82) is 0 Å². The lowest BCUT2D eigenvalue weighted by molar-refractivity contribution is 0.0767. The Morgan fingerprint density at radius 1 is 1.22 bits per heavy atom. The van der Waals surface area contributed by atoms with E-state index in [1.165, 1.54) is 0 Å². The highest BCUT2D eigenvalue weighted by molar-refractivity contribution is 7.99. The van der Waals surface area contributed by atoms with Crippen LogP contribution in [-0.2, 0) is 0 Å². The summed E-state index contributed by atoms with van der Waals surface area (Å²) in [5, 5.41) is 3.16. The number of H-pyrrole nitrogens is 1. The molecule has 9 heteroatoms. The minimum Gasteiger partial charge on any atom is -0.355 e. The van der Waals surface area contributed by atoms with Crippen LogP contribution in [-0.4, -0.2) is 45.4 Å². The highest BCUT2D eigenvalue weighted by Gasteiger charge is 2.19. The number of aromatic nitrogens is 2. The third kappa shape index (κ3) is 5.80. The molecule has 2 N–H and O–H groups in total. The number of nitrogens with zero attached hydrogens (tertiary/aromatic N) is 2. The predicted octanol–water partition coefficient (Wildman–Crippen LogP) is 3.61. The van der Waals surface area contributed by atoms with E-state index in [0.717, 1.165) is 36.1 Å². The molecule has 1 fully saturated rings. The molecular weight excluding hydrogens is 379 g/mol. The lowest BCUT2D eigenvalue weighted by atomic mass is 10.3. The average Bonchev–Trinajstić information content (AvgIpc) is 2.97. The molecule has 0 aromatic carbocycles. The van der Waals surface area contributed by atoms with Crippen LogP contribution in [0.5, 0.6) is 0 Å². The lowest BCUT2D eigenvalue weighted by Crippen LogP contribution is -2.38. The van der Waals surface area contributed by atoms with Crippen molar-refractivity contribution in [2.24, 2.45) is 0 Å². The maximum Gasteiger partial charge on any atom is 0.270 e. The maximum atomic E-state index is 12.3. The van der Waals surface area contributed by atoms with Crippen molar-refractivity contribution in [3.63, 3.8) is 0 Å². The third-order valence-corrected chi connectivity index (χ3v) is 4.09. The van der Waals surface area contributed by atoms with Gasteiger partial charge < -0.3 is 15.2 Å². The number of halogens is 3. The summed E-state index contributed by atoms with van der Waals surface area (Å²) in [6.07, 6.45) is 3.52. The van der Waals surface area contributed by atoms with E-state index in [1.807, 2.05) is 40.9 Å². The highest BCUT2D eigenvalue weighted by atomic mass is 35.5. The van der Waals surface area contributed by atoms with Gasteiger partial charge in [0.25, 0.3) is 5.91 Å². The van der Waals surface area contributed by atoms with Crippen molar-refractivity contribution in [3.8, 4) is 0 Å². The molecule has 0 unspecified atom stereocenters. The van der Waals surface area contributed by atoms with Gasteiger partial charge in [0.05, 0.1) is 5.69 Å². The van der Waals surface area contributed by atoms with Gasteiger partial charge in [-0.3, -0.25) is 4.79 Å². The number of hydrogen-bond donors (Lipinski definition) is 2. The Bertz CT molecular complexity index is 591. The standard InChI is InChI=1S/C14H16N4OS.3ClH/c19-14(18-5-7-20-8-6-18)12-9-11(10-16-12)17-13-3-1-2-4-15-13;;;/h1-4,9-10,16H,5-8H2,(H,15,17);3*1H. The van der Waals surface area contributed by atoms with Crippen molar-refractivity contribution in [2.45, 2.75) is 0 Å². The zero-order valence-electron chi connectivity index (χ0n) is 12.2. The minimum atomic E-state index is 0. The molecule has 0 aliphatic carbocycles. The molecule has 128 valence electrons. The van der Waals surface area contributed by atoms with E-state index in [1.54, 1.807) is 12.4 Å². The molecule has 2 aromatic rings. The van der Waals surface area contributed by atoms with Crippen LogP contribution in [0.25, 0.3) is 0 Å². The molecule has 23 heavy (non-hydrogen) atoms. The van der Waals surface area contributed by atoms with Crippen molar-refractivity contribution >= 4 is 66.4 Å². The zero-order chi connectivity index (χ0) is 13.8. The Morgan fingerprint density at radius 2 is 1.96 bits per heavy atom. The first kappa shape index (κ1) is 21.9. The maximum absolute atomic E-state index is 12.3. The fourth-order valence-electron chi connectivity index (χ4n) is 2.11. The quantitative estimate of drug-likeness (QED) is 0.830. The number of aromatic amines is 1. The largest absolute Gasteiger partial charge is 0.355 e. The van der Waals surface area contributed by atoms with Crippen LogP contribution in [0.3, 0.4) is 0 Å². The minimum absolute atomic E-state index is 0. The molecule has 0 saturated carbocycles. The van der Waals surface area contributed by atoms with Gasteiger partial charge in [0.1, 0.15) is 11.5 Å². The number of rotatable bonds is 3. The Hall–Kier alpha value is -1.08. The van der Waals surface area contributed by atoms with Crippen molar-refractivity contribution in [3.05, 3.63) is 42.4 Å². The van der Waals surface area contributed by atoms with Gasteiger partial charge in [-0.25, -0.2) is 4.98 Å². The van der Waals surface area contributed by atoms with E-state index in [2.05, 4.69) is 15.3 Å². The van der Waals surface area contributed by atoms with Crippen LogP contribution in [0.4, 0.5) is 11.5 Å². The van der Waals surface area contributed by atoms with Crippen LogP contribution in [0.1, 0.15) is 10.5 Å². The molecule has 1 amide bonds. The lowest BCUT2D eigenvalue weighted by Gasteiger charge is -2.25.